The van der Waals surface area contributed by atoms with Gasteiger partial charge in [0.15, 0.2) is 5.58 Å². The number of piperidine rings is 1. The van der Waals surface area contributed by atoms with Gasteiger partial charge in [-0.2, -0.15) is 11.8 Å². The summed E-state index contributed by atoms with van der Waals surface area (Å²) in [5, 5.41) is 4.19. The highest BCUT2D eigenvalue weighted by atomic mass is 32.2. The maximum absolute atomic E-state index is 12.8. The summed E-state index contributed by atoms with van der Waals surface area (Å²) in [6.45, 7) is 5.37. The minimum Gasteiger partial charge on any atom is -0.460 e. The lowest BCUT2D eigenvalue weighted by Gasteiger charge is -2.30. The average molecular weight is 372 g/mol. The van der Waals surface area contributed by atoms with Gasteiger partial charge in [-0.3, -0.25) is 4.79 Å². The zero-order chi connectivity index (χ0) is 17.5. The third-order valence-corrected chi connectivity index (χ3v) is 6.77. The van der Waals surface area contributed by atoms with E-state index in [9.17, 15) is 4.79 Å². The zero-order valence-electron chi connectivity index (χ0n) is 14.8. The van der Waals surface area contributed by atoms with Gasteiger partial charge in [0.2, 0.25) is 0 Å². The molecule has 0 radical (unpaired) electrons. The number of carbonyl (C=O) groups excluding carboxylic acids is 1. The number of anilines is 1. The van der Waals surface area contributed by atoms with Crippen LogP contribution in [0.5, 0.6) is 0 Å². The van der Waals surface area contributed by atoms with E-state index in [1.807, 2.05) is 17.8 Å². The van der Waals surface area contributed by atoms with Gasteiger partial charge in [-0.15, -0.1) is 0 Å². The minimum absolute atomic E-state index is 0.0688. The van der Waals surface area contributed by atoms with Gasteiger partial charge in [-0.25, -0.2) is 4.98 Å². The molecule has 3 aliphatic rings. The molecule has 1 unspecified atom stereocenters. The molecule has 0 aliphatic carbocycles. The van der Waals surface area contributed by atoms with Crippen LogP contribution in [-0.2, 0) is 0 Å². The molecule has 0 saturated carbocycles. The van der Waals surface area contributed by atoms with E-state index in [0.717, 1.165) is 60.1 Å². The van der Waals surface area contributed by atoms with Crippen LogP contribution in [0, 0.1) is 5.92 Å². The maximum Gasteiger partial charge on any atom is 0.270 e. The van der Waals surface area contributed by atoms with Crippen LogP contribution in [0.15, 0.2) is 22.9 Å². The molecule has 1 amide bonds. The van der Waals surface area contributed by atoms with Crippen LogP contribution < -0.4 is 10.2 Å². The molecule has 2 aromatic rings. The number of nitrogens with zero attached hydrogens (tertiary/aromatic N) is 3. The molecule has 26 heavy (non-hydrogen) atoms. The summed E-state index contributed by atoms with van der Waals surface area (Å²) in [5.41, 5.74) is 2.31. The third-order valence-electron chi connectivity index (χ3n) is 5.83. The normalized spacial score (nSPS) is 28.5. The molecule has 0 aromatic carbocycles. The van der Waals surface area contributed by atoms with Gasteiger partial charge < -0.3 is 19.5 Å². The highest BCUT2D eigenvalue weighted by Crippen LogP contribution is 2.31. The predicted molar refractivity (Wildman–Crippen MR) is 104 cm³/mol. The Morgan fingerprint density at radius 1 is 1.27 bits per heavy atom. The van der Waals surface area contributed by atoms with Gasteiger partial charge >= 0.3 is 0 Å². The van der Waals surface area contributed by atoms with Crippen LogP contribution in [-0.4, -0.2) is 66.1 Å². The number of aromatic nitrogens is 1. The fourth-order valence-electron chi connectivity index (χ4n) is 4.52. The molecule has 3 atom stereocenters. The van der Waals surface area contributed by atoms with E-state index in [-0.39, 0.29) is 11.9 Å². The minimum atomic E-state index is -0.0688. The number of hydrogen-bond acceptors (Lipinski definition) is 6. The topological polar surface area (TPSA) is 61.6 Å². The van der Waals surface area contributed by atoms with Gasteiger partial charge in [0.05, 0.1) is 11.9 Å². The smallest absolute Gasteiger partial charge is 0.270 e. The van der Waals surface area contributed by atoms with Crippen molar-refractivity contribution in [3.8, 4) is 0 Å². The van der Waals surface area contributed by atoms with Crippen molar-refractivity contribution in [2.24, 2.45) is 5.92 Å². The second-order valence-corrected chi connectivity index (χ2v) is 8.83. The van der Waals surface area contributed by atoms with E-state index in [1.54, 1.807) is 12.5 Å². The molecule has 3 fully saturated rings. The number of carbonyl (C=O) groups is 1. The molecule has 5 rings (SSSR count). The van der Waals surface area contributed by atoms with Crippen molar-refractivity contribution in [3.63, 3.8) is 0 Å². The number of amides is 1. The molecule has 3 aliphatic heterocycles. The summed E-state index contributed by atoms with van der Waals surface area (Å²) < 4.78 is 5.67. The second-order valence-electron chi connectivity index (χ2n) is 7.61. The summed E-state index contributed by atoms with van der Waals surface area (Å²) in [5.74, 6) is 2.93. The van der Waals surface area contributed by atoms with E-state index < -0.39 is 0 Å². The van der Waals surface area contributed by atoms with Crippen molar-refractivity contribution < 1.29 is 9.21 Å². The molecule has 138 valence electrons. The van der Waals surface area contributed by atoms with Gasteiger partial charge in [0.25, 0.3) is 5.91 Å². The monoisotopic (exact) mass is 372 g/mol. The molecule has 5 heterocycles. The van der Waals surface area contributed by atoms with Gasteiger partial charge in [0.1, 0.15) is 12.0 Å². The van der Waals surface area contributed by atoms with Crippen molar-refractivity contribution in [2.45, 2.75) is 18.9 Å². The van der Waals surface area contributed by atoms with Gasteiger partial charge in [-0.1, -0.05) is 0 Å². The fraction of sp³-hybridized carbons (Fsp3) is 0.579. The highest BCUT2D eigenvalue weighted by molar-refractivity contribution is 7.99. The Morgan fingerprint density at radius 3 is 3.00 bits per heavy atom. The molecule has 2 bridgehead atoms. The summed E-state index contributed by atoms with van der Waals surface area (Å²) >= 11 is 1.98. The Morgan fingerprint density at radius 2 is 2.15 bits per heavy atom. The van der Waals surface area contributed by atoms with Gasteiger partial charge in [-0.05, 0) is 31.4 Å². The van der Waals surface area contributed by atoms with Crippen LogP contribution in [0.1, 0.15) is 23.3 Å². The first kappa shape index (κ1) is 16.4. The SMILES string of the molecule is O=C(N[C@@H]1C[C@H]2CCN(C2)C1)c1cc2c(N3CCSCC3)coc2cn1. The highest BCUT2D eigenvalue weighted by Gasteiger charge is 2.33. The Hall–Kier alpha value is -1.73. The van der Waals surface area contributed by atoms with Crippen molar-refractivity contribution >= 4 is 34.3 Å². The lowest BCUT2D eigenvalue weighted by molar-refractivity contribution is 0.0904. The summed E-state index contributed by atoms with van der Waals surface area (Å²) in [6.07, 6.45) is 5.84. The molecule has 0 spiro atoms. The average Bonchev–Trinajstić information content (AvgIpc) is 3.24. The molecule has 1 N–H and O–H groups in total. The van der Waals surface area contributed by atoms with Crippen LogP contribution in [0.2, 0.25) is 0 Å². The first-order valence-corrected chi connectivity index (χ1v) is 10.6. The molecule has 7 heteroatoms. The first-order valence-electron chi connectivity index (χ1n) is 9.49. The number of thioether (sulfide) groups is 1. The summed E-state index contributed by atoms with van der Waals surface area (Å²) in [4.78, 5) is 21.9. The van der Waals surface area contributed by atoms with Crippen LogP contribution in [0.4, 0.5) is 5.69 Å². The lowest BCUT2D eigenvalue weighted by Crippen LogP contribution is -2.47. The maximum atomic E-state index is 12.8. The molecule has 6 nitrogen and oxygen atoms in total. The van der Waals surface area contributed by atoms with Crippen LogP contribution in [0.25, 0.3) is 11.0 Å². The number of rotatable bonds is 3. The van der Waals surface area contributed by atoms with Crippen molar-refractivity contribution in [1.29, 1.82) is 0 Å². The molecular weight excluding hydrogens is 348 g/mol. The summed E-state index contributed by atoms with van der Waals surface area (Å²) in [6, 6.07) is 2.13. The van der Waals surface area contributed by atoms with E-state index in [2.05, 4.69) is 20.1 Å². The van der Waals surface area contributed by atoms with E-state index in [4.69, 9.17) is 4.42 Å². The van der Waals surface area contributed by atoms with E-state index >= 15 is 0 Å². The van der Waals surface area contributed by atoms with Crippen molar-refractivity contribution in [1.82, 2.24) is 15.2 Å². The van der Waals surface area contributed by atoms with E-state index in [1.165, 1.54) is 19.5 Å². The Kier molecular flexibility index (Phi) is 4.29. The number of pyridine rings is 1. The zero-order valence-corrected chi connectivity index (χ0v) is 15.6. The number of nitrogens with one attached hydrogen (secondary N) is 1. The predicted octanol–water partition coefficient (Wildman–Crippen LogP) is 2.20. The Labute approximate surface area is 157 Å². The Balaban J connectivity index is 1.35. The number of furan rings is 1. The van der Waals surface area contributed by atoms with Crippen molar-refractivity contribution in [2.75, 3.05) is 49.1 Å². The Bertz CT molecular complexity index is 805. The van der Waals surface area contributed by atoms with Gasteiger partial charge in [0, 0.05) is 49.1 Å². The number of fused-ring (bicyclic) bond motifs is 3. The first-order chi connectivity index (χ1) is 12.8. The number of hydrogen-bond donors (Lipinski definition) is 1. The van der Waals surface area contributed by atoms with E-state index in [0.29, 0.717) is 5.69 Å². The molecular formula is C19H24N4O2S. The third kappa shape index (κ3) is 3.07. The summed E-state index contributed by atoms with van der Waals surface area (Å²) in [7, 11) is 0. The quantitative estimate of drug-likeness (QED) is 0.891. The molecule has 2 aromatic heterocycles. The molecule has 3 saturated heterocycles. The standard InChI is InChI=1S/C19H24N4O2S/c24-19(21-14-7-13-1-2-22(10-13)11-14)16-8-15-17(12-25-18(15)9-20-16)23-3-5-26-6-4-23/h8-9,12-14H,1-7,10-11H2,(H,21,24)/t13-,14-/m1/s1. The largest absolute Gasteiger partial charge is 0.460 e. The fourth-order valence-corrected chi connectivity index (χ4v) is 5.42. The second kappa shape index (κ2) is 6.78. The lowest BCUT2D eigenvalue weighted by atomic mass is 9.97. The van der Waals surface area contributed by atoms with Crippen molar-refractivity contribution in [3.05, 3.63) is 24.2 Å². The van der Waals surface area contributed by atoms with Crippen LogP contribution >= 0.6 is 11.8 Å². The van der Waals surface area contributed by atoms with Crippen LogP contribution in [0.3, 0.4) is 0 Å².